The molecule has 0 aliphatic carbocycles. The molecule has 0 amide bonds. The summed E-state index contributed by atoms with van der Waals surface area (Å²) in [5.74, 6) is 0. The minimum atomic E-state index is -0.200. The summed E-state index contributed by atoms with van der Waals surface area (Å²) in [6, 6.07) is 0. The molecular formula is C13H20N2O3S. The number of nitrogens with zero attached hydrogens (tertiary/aromatic N) is 2. The Balaban J connectivity index is 1.60. The Hall–Kier alpha value is -0.530. The van der Waals surface area contributed by atoms with Gasteiger partial charge in [0.25, 0.3) is 0 Å². The van der Waals surface area contributed by atoms with Crippen molar-refractivity contribution >= 4 is 11.3 Å². The van der Waals surface area contributed by atoms with Crippen LogP contribution in [-0.2, 0) is 20.8 Å². The van der Waals surface area contributed by atoms with Crippen molar-refractivity contribution in [3.63, 3.8) is 0 Å². The van der Waals surface area contributed by atoms with Crippen LogP contribution in [0.2, 0.25) is 0 Å². The van der Waals surface area contributed by atoms with Crippen LogP contribution in [0, 0.1) is 0 Å². The Morgan fingerprint density at radius 3 is 2.63 bits per heavy atom. The molecule has 3 heterocycles. The second-order valence-corrected chi connectivity index (χ2v) is 6.33. The lowest BCUT2D eigenvalue weighted by molar-refractivity contribution is -0.0705. The highest BCUT2D eigenvalue weighted by atomic mass is 32.1. The lowest BCUT2D eigenvalue weighted by Gasteiger charge is -2.34. The first-order valence-corrected chi connectivity index (χ1v) is 7.58. The first-order chi connectivity index (χ1) is 9.20. The highest BCUT2D eigenvalue weighted by Crippen LogP contribution is 2.28. The van der Waals surface area contributed by atoms with Crippen LogP contribution in [-0.4, -0.2) is 48.4 Å². The molecule has 19 heavy (non-hydrogen) atoms. The minimum absolute atomic E-state index is 0.200. The van der Waals surface area contributed by atoms with Crippen molar-refractivity contribution in [1.82, 2.24) is 9.88 Å². The fourth-order valence-corrected chi connectivity index (χ4v) is 3.60. The van der Waals surface area contributed by atoms with E-state index in [1.54, 1.807) is 11.3 Å². The molecule has 0 N–H and O–H groups in total. The van der Waals surface area contributed by atoms with Crippen LogP contribution in [0.3, 0.4) is 0 Å². The van der Waals surface area contributed by atoms with Crippen LogP contribution in [0.15, 0.2) is 6.20 Å². The molecule has 2 atom stereocenters. The highest BCUT2D eigenvalue weighted by molar-refractivity contribution is 7.11. The van der Waals surface area contributed by atoms with Crippen LogP contribution in [0.4, 0.5) is 0 Å². The molecule has 2 aliphatic heterocycles. The molecule has 0 saturated carbocycles. The molecule has 0 bridgehead atoms. The fraction of sp³-hybridized carbons (Fsp3) is 0.769. The molecule has 5 nitrogen and oxygen atoms in total. The van der Waals surface area contributed by atoms with Gasteiger partial charge in [0.15, 0.2) is 6.29 Å². The number of hydrogen-bond donors (Lipinski definition) is 0. The van der Waals surface area contributed by atoms with Gasteiger partial charge in [-0.15, -0.1) is 11.3 Å². The monoisotopic (exact) mass is 284 g/mol. The molecule has 0 radical (unpaired) electrons. The smallest absolute Gasteiger partial charge is 0.194 e. The summed E-state index contributed by atoms with van der Waals surface area (Å²) in [4.78, 5) is 7.95. The van der Waals surface area contributed by atoms with E-state index in [2.05, 4.69) is 23.7 Å². The van der Waals surface area contributed by atoms with Gasteiger partial charge in [-0.1, -0.05) is 0 Å². The Kier molecular flexibility index (Phi) is 4.14. The van der Waals surface area contributed by atoms with Gasteiger partial charge in [-0.3, -0.25) is 4.90 Å². The van der Waals surface area contributed by atoms with E-state index in [1.807, 2.05) is 6.20 Å². The maximum absolute atomic E-state index is 5.74. The van der Waals surface area contributed by atoms with Crippen LogP contribution in [0.25, 0.3) is 0 Å². The van der Waals surface area contributed by atoms with E-state index in [4.69, 9.17) is 14.2 Å². The maximum atomic E-state index is 5.74. The van der Waals surface area contributed by atoms with Crippen LogP contribution in [0.5, 0.6) is 0 Å². The number of thiazole rings is 1. The van der Waals surface area contributed by atoms with E-state index in [0.29, 0.717) is 25.4 Å². The molecule has 0 spiro atoms. The molecule has 2 saturated heterocycles. The van der Waals surface area contributed by atoms with Gasteiger partial charge in [0.1, 0.15) is 5.01 Å². The van der Waals surface area contributed by atoms with Gasteiger partial charge in [0, 0.05) is 19.3 Å². The third kappa shape index (κ3) is 3.32. The number of rotatable bonds is 3. The first-order valence-electron chi connectivity index (χ1n) is 6.76. The summed E-state index contributed by atoms with van der Waals surface area (Å²) in [6.45, 7) is 8.42. The van der Waals surface area contributed by atoms with E-state index >= 15 is 0 Å². The predicted octanol–water partition coefficient (Wildman–Crippen LogP) is 1.80. The van der Waals surface area contributed by atoms with Gasteiger partial charge < -0.3 is 14.2 Å². The van der Waals surface area contributed by atoms with Crippen molar-refractivity contribution in [2.24, 2.45) is 0 Å². The number of ether oxygens (including phenoxy) is 3. The molecule has 2 aliphatic rings. The van der Waals surface area contributed by atoms with Crippen molar-refractivity contribution in [3.8, 4) is 0 Å². The quantitative estimate of drug-likeness (QED) is 0.847. The van der Waals surface area contributed by atoms with Gasteiger partial charge in [0.05, 0.1) is 36.8 Å². The molecule has 0 unspecified atom stereocenters. The highest BCUT2D eigenvalue weighted by Gasteiger charge is 2.24. The van der Waals surface area contributed by atoms with E-state index in [1.165, 1.54) is 0 Å². The van der Waals surface area contributed by atoms with Gasteiger partial charge in [-0.05, 0) is 13.8 Å². The largest absolute Gasteiger partial charge is 0.373 e. The molecule has 6 heteroatoms. The SMILES string of the molecule is C[C@@H]1CN(Cc2ncc(C3OCCO3)s2)C[C@@H](C)O1. The number of hydrogen-bond acceptors (Lipinski definition) is 6. The second-order valence-electron chi connectivity index (χ2n) is 5.18. The standard InChI is InChI=1S/C13H20N2O3S/c1-9-6-15(7-10(2)18-9)8-12-14-5-11(19-12)13-16-3-4-17-13/h5,9-10,13H,3-4,6-8H2,1-2H3/t9-,10-/m1/s1. The van der Waals surface area contributed by atoms with Gasteiger partial charge in [0.2, 0.25) is 0 Å². The summed E-state index contributed by atoms with van der Waals surface area (Å²) in [5, 5.41) is 1.12. The Morgan fingerprint density at radius 1 is 1.26 bits per heavy atom. The van der Waals surface area contributed by atoms with Gasteiger partial charge in [-0.2, -0.15) is 0 Å². The molecule has 3 rings (SSSR count). The zero-order valence-corrected chi connectivity index (χ0v) is 12.2. The molecule has 2 fully saturated rings. The normalized spacial score (nSPS) is 30.0. The van der Waals surface area contributed by atoms with E-state index in [-0.39, 0.29) is 6.29 Å². The first kappa shape index (κ1) is 13.5. The van der Waals surface area contributed by atoms with Crippen LogP contribution < -0.4 is 0 Å². The topological polar surface area (TPSA) is 43.8 Å². The van der Waals surface area contributed by atoms with Crippen LogP contribution >= 0.6 is 11.3 Å². The molecule has 0 aromatic carbocycles. The lowest BCUT2D eigenvalue weighted by atomic mass is 10.2. The average molecular weight is 284 g/mol. The van der Waals surface area contributed by atoms with Crippen molar-refractivity contribution < 1.29 is 14.2 Å². The zero-order valence-electron chi connectivity index (χ0n) is 11.4. The van der Waals surface area contributed by atoms with Crippen molar-refractivity contribution in [3.05, 3.63) is 16.1 Å². The van der Waals surface area contributed by atoms with Gasteiger partial charge >= 0.3 is 0 Å². The third-order valence-corrected chi connectivity index (χ3v) is 4.28. The van der Waals surface area contributed by atoms with Crippen LogP contribution in [0.1, 0.15) is 30.0 Å². The Bertz CT molecular complexity index is 410. The average Bonchev–Trinajstić information content (AvgIpc) is 2.96. The van der Waals surface area contributed by atoms with E-state index in [9.17, 15) is 0 Å². The zero-order chi connectivity index (χ0) is 13.2. The summed E-state index contributed by atoms with van der Waals surface area (Å²) in [6.07, 6.45) is 2.27. The summed E-state index contributed by atoms with van der Waals surface area (Å²) in [5.41, 5.74) is 0. The molecule has 1 aromatic heterocycles. The van der Waals surface area contributed by atoms with E-state index in [0.717, 1.165) is 29.5 Å². The molecule has 1 aromatic rings. The molecule has 106 valence electrons. The Labute approximate surface area is 117 Å². The second kappa shape index (κ2) is 5.85. The van der Waals surface area contributed by atoms with Crippen molar-refractivity contribution in [2.75, 3.05) is 26.3 Å². The molecular weight excluding hydrogens is 264 g/mol. The van der Waals surface area contributed by atoms with E-state index < -0.39 is 0 Å². The Morgan fingerprint density at radius 2 is 1.95 bits per heavy atom. The van der Waals surface area contributed by atoms with Gasteiger partial charge in [-0.25, -0.2) is 4.98 Å². The summed E-state index contributed by atoms with van der Waals surface area (Å²) in [7, 11) is 0. The maximum Gasteiger partial charge on any atom is 0.194 e. The third-order valence-electron chi connectivity index (χ3n) is 3.28. The summed E-state index contributed by atoms with van der Waals surface area (Å²) < 4.78 is 16.7. The van der Waals surface area contributed by atoms with Crippen molar-refractivity contribution in [2.45, 2.75) is 38.9 Å². The number of aromatic nitrogens is 1. The van der Waals surface area contributed by atoms with Crippen molar-refractivity contribution in [1.29, 1.82) is 0 Å². The predicted molar refractivity (Wildman–Crippen MR) is 72.0 cm³/mol. The minimum Gasteiger partial charge on any atom is -0.373 e. The lowest BCUT2D eigenvalue weighted by Crippen LogP contribution is -2.44. The summed E-state index contributed by atoms with van der Waals surface area (Å²) >= 11 is 1.68. The number of morpholine rings is 1. The fourth-order valence-electron chi connectivity index (χ4n) is 2.63.